The largest absolute Gasteiger partial charge is 0.456 e. The first-order chi connectivity index (χ1) is 8.59. The average molecular weight is 250 g/mol. The van der Waals surface area contributed by atoms with Crippen molar-refractivity contribution < 1.29 is 17.6 Å². The highest BCUT2D eigenvalue weighted by Gasteiger charge is 2.19. The summed E-state index contributed by atoms with van der Waals surface area (Å²) < 4.78 is 44.9. The minimum absolute atomic E-state index is 0.120. The third-order valence-corrected chi connectivity index (χ3v) is 2.70. The molecule has 0 atom stereocenters. The van der Waals surface area contributed by atoms with Gasteiger partial charge in [-0.1, -0.05) is 12.1 Å². The highest BCUT2D eigenvalue weighted by molar-refractivity contribution is 5.89. The van der Waals surface area contributed by atoms with Gasteiger partial charge in [-0.05, 0) is 12.1 Å². The van der Waals surface area contributed by atoms with Gasteiger partial charge in [0.05, 0.1) is 5.39 Å². The van der Waals surface area contributed by atoms with Crippen molar-refractivity contribution in [1.82, 2.24) is 0 Å². The predicted octanol–water partition coefficient (Wildman–Crippen LogP) is 3.36. The quantitative estimate of drug-likeness (QED) is 0.452. The van der Waals surface area contributed by atoms with E-state index in [1.807, 2.05) is 0 Å². The third-order valence-electron chi connectivity index (χ3n) is 2.70. The van der Waals surface area contributed by atoms with Gasteiger partial charge in [-0.2, -0.15) is 0 Å². The van der Waals surface area contributed by atoms with Crippen LogP contribution >= 0.6 is 0 Å². The Morgan fingerprint density at radius 2 is 1.67 bits per heavy atom. The van der Waals surface area contributed by atoms with Crippen LogP contribution in [0.5, 0.6) is 0 Å². The fourth-order valence-corrected chi connectivity index (χ4v) is 1.86. The normalized spacial score (nSPS) is 11.3. The van der Waals surface area contributed by atoms with E-state index in [2.05, 4.69) is 0 Å². The Hall–Kier alpha value is -2.30. The molecule has 18 heavy (non-hydrogen) atoms. The number of hydrogen-bond donors (Lipinski definition) is 0. The number of halogens is 3. The zero-order chi connectivity index (χ0) is 12.9. The molecule has 0 unspecified atom stereocenters. The maximum atomic E-state index is 13.6. The van der Waals surface area contributed by atoms with Crippen LogP contribution in [0.3, 0.4) is 0 Å². The Morgan fingerprint density at radius 1 is 0.944 bits per heavy atom. The second-order valence-corrected chi connectivity index (χ2v) is 3.79. The molecule has 2 aromatic carbocycles. The van der Waals surface area contributed by atoms with Crippen molar-refractivity contribution in [2.45, 2.75) is 0 Å². The highest BCUT2D eigenvalue weighted by atomic mass is 19.2. The molecule has 0 aliphatic carbocycles. The zero-order valence-electron chi connectivity index (χ0n) is 8.84. The van der Waals surface area contributed by atoms with Gasteiger partial charge in [0.25, 0.3) is 0 Å². The molecule has 0 aliphatic heterocycles. The molecule has 3 aromatic rings. The molecule has 0 amide bonds. The van der Waals surface area contributed by atoms with Gasteiger partial charge >= 0.3 is 0 Å². The topological polar surface area (TPSA) is 30.2 Å². The van der Waals surface area contributed by atoms with Gasteiger partial charge in [0.1, 0.15) is 16.6 Å². The first-order valence-corrected chi connectivity index (χ1v) is 5.08. The molecule has 5 heteroatoms. The first kappa shape index (κ1) is 10.8. The summed E-state index contributed by atoms with van der Waals surface area (Å²) in [6.45, 7) is 0. The summed E-state index contributed by atoms with van der Waals surface area (Å²) in [6, 6.07) is 6.79. The Kier molecular flexibility index (Phi) is 2.16. The van der Waals surface area contributed by atoms with E-state index in [1.165, 1.54) is 12.1 Å². The van der Waals surface area contributed by atoms with Crippen molar-refractivity contribution in [2.75, 3.05) is 0 Å². The van der Waals surface area contributed by atoms with Crippen molar-refractivity contribution in [3.63, 3.8) is 0 Å². The summed E-state index contributed by atoms with van der Waals surface area (Å²) >= 11 is 0. The van der Waals surface area contributed by atoms with Gasteiger partial charge in [0.2, 0.25) is 5.43 Å². The van der Waals surface area contributed by atoms with Gasteiger partial charge in [-0.15, -0.1) is 0 Å². The summed E-state index contributed by atoms with van der Waals surface area (Å²) in [7, 11) is 0. The Balaban J connectivity index is 2.65. The monoisotopic (exact) mass is 250 g/mol. The molecular formula is C13H5F3O2. The lowest BCUT2D eigenvalue weighted by molar-refractivity contribution is 0.450. The molecule has 0 N–H and O–H groups in total. The van der Waals surface area contributed by atoms with Crippen LogP contribution in [-0.4, -0.2) is 0 Å². The van der Waals surface area contributed by atoms with Crippen LogP contribution in [-0.2, 0) is 0 Å². The summed E-state index contributed by atoms with van der Waals surface area (Å²) in [5.41, 5.74) is -0.834. The van der Waals surface area contributed by atoms with Gasteiger partial charge in [-0.3, -0.25) is 4.79 Å². The third kappa shape index (κ3) is 1.33. The smallest absolute Gasteiger partial charge is 0.203 e. The van der Waals surface area contributed by atoms with Crippen molar-refractivity contribution >= 4 is 21.9 Å². The van der Waals surface area contributed by atoms with Gasteiger partial charge in [0.15, 0.2) is 17.5 Å². The van der Waals surface area contributed by atoms with E-state index in [9.17, 15) is 18.0 Å². The predicted molar refractivity (Wildman–Crippen MR) is 59.9 cm³/mol. The van der Waals surface area contributed by atoms with Crippen LogP contribution in [0, 0.1) is 17.5 Å². The molecule has 3 rings (SSSR count). The molecule has 0 saturated carbocycles. The van der Waals surface area contributed by atoms with Crippen LogP contribution in [0.2, 0.25) is 0 Å². The minimum atomic E-state index is -1.68. The highest BCUT2D eigenvalue weighted by Crippen LogP contribution is 2.23. The average Bonchev–Trinajstić information content (AvgIpc) is 2.36. The molecule has 0 aliphatic rings. The van der Waals surface area contributed by atoms with E-state index in [0.717, 1.165) is 0 Å². The Labute approximate surface area is 98.3 Å². The number of hydrogen-bond acceptors (Lipinski definition) is 2. The summed E-state index contributed by atoms with van der Waals surface area (Å²) in [4.78, 5) is 12.0. The fraction of sp³-hybridized carbons (Fsp3) is 0. The van der Waals surface area contributed by atoms with E-state index in [4.69, 9.17) is 4.42 Å². The minimum Gasteiger partial charge on any atom is -0.456 e. The summed E-state index contributed by atoms with van der Waals surface area (Å²) in [5.74, 6) is -4.59. The van der Waals surface area contributed by atoms with Crippen LogP contribution in [0.4, 0.5) is 13.2 Å². The molecule has 1 heterocycles. The Bertz CT molecular complexity index is 837. The molecule has 1 aromatic heterocycles. The van der Waals surface area contributed by atoms with Crippen molar-refractivity contribution in [3.05, 3.63) is 58.0 Å². The maximum absolute atomic E-state index is 13.6. The van der Waals surface area contributed by atoms with Gasteiger partial charge in [0, 0.05) is 6.07 Å². The molecule has 2 nitrogen and oxygen atoms in total. The lowest BCUT2D eigenvalue weighted by Gasteiger charge is -2.03. The van der Waals surface area contributed by atoms with Crippen LogP contribution in [0.15, 0.2) is 39.5 Å². The Morgan fingerprint density at radius 3 is 2.44 bits per heavy atom. The van der Waals surface area contributed by atoms with Crippen LogP contribution in [0.25, 0.3) is 21.9 Å². The molecule has 0 fully saturated rings. The van der Waals surface area contributed by atoms with E-state index < -0.39 is 28.3 Å². The lowest BCUT2D eigenvalue weighted by Crippen LogP contribution is -2.06. The number of benzene rings is 2. The van der Waals surface area contributed by atoms with Gasteiger partial charge in [-0.25, -0.2) is 13.2 Å². The fourth-order valence-electron chi connectivity index (χ4n) is 1.86. The summed E-state index contributed by atoms with van der Waals surface area (Å²) in [5, 5.41) is -0.456. The first-order valence-electron chi connectivity index (χ1n) is 5.08. The second-order valence-electron chi connectivity index (χ2n) is 3.79. The molecule has 90 valence electrons. The molecule has 0 radical (unpaired) electrons. The van der Waals surface area contributed by atoms with Crippen LogP contribution < -0.4 is 5.43 Å². The number of para-hydroxylation sites is 1. The van der Waals surface area contributed by atoms with E-state index in [-0.39, 0.29) is 16.6 Å². The maximum Gasteiger partial charge on any atom is 0.203 e. The number of fused-ring (bicyclic) bond motifs is 2. The van der Waals surface area contributed by atoms with Crippen molar-refractivity contribution in [1.29, 1.82) is 0 Å². The number of rotatable bonds is 0. The molecular weight excluding hydrogens is 245 g/mol. The zero-order valence-corrected chi connectivity index (χ0v) is 8.84. The van der Waals surface area contributed by atoms with E-state index in [1.54, 1.807) is 12.1 Å². The van der Waals surface area contributed by atoms with Crippen molar-refractivity contribution in [3.8, 4) is 0 Å². The van der Waals surface area contributed by atoms with Crippen LogP contribution in [0.1, 0.15) is 0 Å². The van der Waals surface area contributed by atoms with E-state index in [0.29, 0.717) is 6.07 Å². The van der Waals surface area contributed by atoms with Crippen molar-refractivity contribution in [2.24, 2.45) is 0 Å². The second kappa shape index (κ2) is 3.60. The standard InChI is InChI=1S/C13H5F3O2/c14-7-5-9-10(12(16)11(7)15)13(17)6-3-1-2-4-8(6)18-9/h1-5H. The molecule has 0 spiro atoms. The lowest BCUT2D eigenvalue weighted by atomic mass is 10.1. The van der Waals surface area contributed by atoms with E-state index >= 15 is 0 Å². The SMILES string of the molecule is O=c1c2ccccc2oc2cc(F)c(F)c(F)c12. The summed E-state index contributed by atoms with van der Waals surface area (Å²) in [6.07, 6.45) is 0. The molecule has 0 bridgehead atoms. The molecule has 0 saturated heterocycles. The van der Waals surface area contributed by atoms with Gasteiger partial charge < -0.3 is 4.42 Å².